The smallest absolute Gasteiger partial charge is 0.261 e. The van der Waals surface area contributed by atoms with E-state index in [1.54, 1.807) is 42.5 Å². The number of nitrogens with one attached hydrogen (secondary N) is 1. The van der Waals surface area contributed by atoms with Gasteiger partial charge in [0.2, 0.25) is 0 Å². The number of anilines is 1. The van der Waals surface area contributed by atoms with Gasteiger partial charge >= 0.3 is 0 Å². The third-order valence-corrected chi connectivity index (χ3v) is 6.39. The number of rotatable bonds is 4. The van der Waals surface area contributed by atoms with Crippen molar-refractivity contribution in [2.75, 3.05) is 17.8 Å². The Labute approximate surface area is 161 Å². The molecule has 3 rings (SSSR count). The number of hydrogen-bond donors (Lipinski definition) is 1. The topological polar surface area (TPSA) is 66.5 Å². The first-order chi connectivity index (χ1) is 12.8. The SMILES string of the molecule is Cc1ccc(S(=O)(=O)Nc2cc(C(=O)N3CCC[C@@H](C)C3)ccc2C)cc1. The average molecular weight is 387 g/mol. The number of likely N-dealkylation sites (tertiary alicyclic amines) is 1. The van der Waals surface area contributed by atoms with Gasteiger partial charge in [-0.1, -0.05) is 30.7 Å². The van der Waals surface area contributed by atoms with Crippen LogP contribution >= 0.6 is 0 Å². The predicted molar refractivity (Wildman–Crippen MR) is 107 cm³/mol. The van der Waals surface area contributed by atoms with Gasteiger partial charge in [0.15, 0.2) is 0 Å². The van der Waals surface area contributed by atoms with Crippen molar-refractivity contribution in [2.24, 2.45) is 5.92 Å². The highest BCUT2D eigenvalue weighted by molar-refractivity contribution is 7.92. The fourth-order valence-corrected chi connectivity index (χ4v) is 4.46. The molecule has 1 amide bonds. The van der Waals surface area contributed by atoms with E-state index in [-0.39, 0.29) is 10.8 Å². The van der Waals surface area contributed by atoms with Crippen LogP contribution in [0.3, 0.4) is 0 Å². The minimum Gasteiger partial charge on any atom is -0.338 e. The lowest BCUT2D eigenvalue weighted by Gasteiger charge is -2.31. The molecule has 0 aromatic heterocycles. The van der Waals surface area contributed by atoms with E-state index < -0.39 is 10.0 Å². The summed E-state index contributed by atoms with van der Waals surface area (Å²) in [6.45, 7) is 7.38. The number of carbonyl (C=O) groups excluding carboxylic acids is 1. The van der Waals surface area contributed by atoms with Gasteiger partial charge in [0.1, 0.15) is 0 Å². The van der Waals surface area contributed by atoms with Crippen molar-refractivity contribution in [1.82, 2.24) is 4.90 Å². The predicted octanol–water partition coefficient (Wildman–Crippen LogP) is 3.98. The van der Waals surface area contributed by atoms with Gasteiger partial charge in [-0.15, -0.1) is 0 Å². The van der Waals surface area contributed by atoms with Gasteiger partial charge in [0.05, 0.1) is 10.6 Å². The first-order valence-electron chi connectivity index (χ1n) is 9.26. The zero-order valence-electron chi connectivity index (χ0n) is 16.0. The quantitative estimate of drug-likeness (QED) is 0.864. The molecular formula is C21H26N2O3S. The molecule has 2 aromatic rings. The third kappa shape index (κ3) is 4.50. The number of sulfonamides is 1. The Morgan fingerprint density at radius 2 is 1.81 bits per heavy atom. The lowest BCUT2D eigenvalue weighted by Crippen LogP contribution is -2.39. The second kappa shape index (κ2) is 7.72. The van der Waals surface area contributed by atoms with Crippen LogP contribution < -0.4 is 4.72 Å². The number of aryl methyl sites for hydroxylation is 2. The Morgan fingerprint density at radius 1 is 1.11 bits per heavy atom. The molecule has 27 heavy (non-hydrogen) atoms. The summed E-state index contributed by atoms with van der Waals surface area (Å²) in [5, 5.41) is 0. The first-order valence-corrected chi connectivity index (χ1v) is 10.7. The number of piperidine rings is 1. The minimum atomic E-state index is -3.70. The van der Waals surface area contributed by atoms with E-state index in [0.717, 1.165) is 37.1 Å². The summed E-state index contributed by atoms with van der Waals surface area (Å²) < 4.78 is 28.0. The molecule has 1 aliphatic rings. The number of nitrogens with zero attached hydrogens (tertiary/aromatic N) is 1. The number of carbonyl (C=O) groups is 1. The lowest BCUT2D eigenvalue weighted by atomic mass is 9.99. The highest BCUT2D eigenvalue weighted by Crippen LogP contribution is 2.24. The highest BCUT2D eigenvalue weighted by Gasteiger charge is 2.23. The molecule has 6 heteroatoms. The van der Waals surface area contributed by atoms with Crippen LogP contribution in [-0.4, -0.2) is 32.3 Å². The molecule has 2 aromatic carbocycles. The monoisotopic (exact) mass is 386 g/mol. The van der Waals surface area contributed by atoms with Crippen LogP contribution in [0, 0.1) is 19.8 Å². The van der Waals surface area contributed by atoms with E-state index in [4.69, 9.17) is 0 Å². The fraction of sp³-hybridized carbons (Fsp3) is 0.381. The molecule has 1 saturated heterocycles. The molecule has 0 spiro atoms. The molecule has 0 unspecified atom stereocenters. The Balaban J connectivity index is 1.85. The van der Waals surface area contributed by atoms with E-state index >= 15 is 0 Å². The van der Waals surface area contributed by atoms with Crippen LogP contribution in [-0.2, 0) is 10.0 Å². The van der Waals surface area contributed by atoms with E-state index in [0.29, 0.717) is 17.2 Å². The van der Waals surface area contributed by atoms with Crippen molar-refractivity contribution in [3.05, 3.63) is 59.2 Å². The van der Waals surface area contributed by atoms with Gasteiger partial charge < -0.3 is 4.90 Å². The Hall–Kier alpha value is -2.34. The van der Waals surface area contributed by atoms with E-state index in [1.165, 1.54) is 0 Å². The summed E-state index contributed by atoms with van der Waals surface area (Å²) >= 11 is 0. The fourth-order valence-electron chi connectivity index (χ4n) is 3.34. The van der Waals surface area contributed by atoms with Crippen molar-refractivity contribution >= 4 is 21.6 Å². The standard InChI is InChI=1S/C21H26N2O3S/c1-15-6-10-19(11-7-15)27(25,26)22-20-13-18(9-8-17(20)3)21(24)23-12-4-5-16(2)14-23/h6-11,13,16,22H,4-5,12,14H2,1-3H3/t16-/m1/s1. The molecule has 5 nitrogen and oxygen atoms in total. The van der Waals surface area contributed by atoms with Crippen LogP contribution in [0.5, 0.6) is 0 Å². The Bertz CT molecular complexity index is 936. The summed E-state index contributed by atoms with van der Waals surface area (Å²) in [5.41, 5.74) is 2.71. The van der Waals surface area contributed by atoms with Crippen molar-refractivity contribution < 1.29 is 13.2 Å². The normalized spacial score (nSPS) is 17.6. The Morgan fingerprint density at radius 3 is 2.48 bits per heavy atom. The van der Waals surface area contributed by atoms with E-state index in [1.807, 2.05) is 18.7 Å². The van der Waals surface area contributed by atoms with E-state index in [2.05, 4.69) is 11.6 Å². The van der Waals surface area contributed by atoms with Crippen LogP contribution in [0.2, 0.25) is 0 Å². The van der Waals surface area contributed by atoms with Gasteiger partial charge in [0.25, 0.3) is 15.9 Å². The van der Waals surface area contributed by atoms with Gasteiger partial charge in [0, 0.05) is 18.7 Å². The van der Waals surface area contributed by atoms with Crippen LogP contribution in [0.1, 0.15) is 41.3 Å². The van der Waals surface area contributed by atoms with Gasteiger partial charge in [-0.2, -0.15) is 0 Å². The number of amides is 1. The summed E-state index contributed by atoms with van der Waals surface area (Å²) in [6.07, 6.45) is 2.14. The maximum Gasteiger partial charge on any atom is 0.261 e. The van der Waals surface area contributed by atoms with Crippen molar-refractivity contribution in [3.63, 3.8) is 0 Å². The maximum absolute atomic E-state index is 12.8. The summed E-state index contributed by atoms with van der Waals surface area (Å²) in [5.74, 6) is 0.449. The zero-order chi connectivity index (χ0) is 19.6. The molecule has 1 atom stereocenters. The minimum absolute atomic E-state index is 0.0441. The Kier molecular flexibility index (Phi) is 5.56. The summed E-state index contributed by atoms with van der Waals surface area (Å²) in [7, 11) is -3.70. The molecule has 0 aliphatic carbocycles. The second-order valence-electron chi connectivity index (χ2n) is 7.45. The lowest BCUT2D eigenvalue weighted by molar-refractivity contribution is 0.0683. The van der Waals surface area contributed by atoms with Crippen LogP contribution in [0.4, 0.5) is 5.69 Å². The molecule has 1 heterocycles. The number of hydrogen-bond acceptors (Lipinski definition) is 3. The van der Waals surface area contributed by atoms with Crippen LogP contribution in [0.15, 0.2) is 47.4 Å². The van der Waals surface area contributed by atoms with Gasteiger partial charge in [-0.25, -0.2) is 8.42 Å². The second-order valence-corrected chi connectivity index (χ2v) is 9.13. The highest BCUT2D eigenvalue weighted by atomic mass is 32.2. The van der Waals surface area contributed by atoms with Gasteiger partial charge in [-0.05, 0) is 62.4 Å². The summed E-state index contributed by atoms with van der Waals surface area (Å²) in [4.78, 5) is 14.9. The van der Waals surface area contributed by atoms with Crippen LogP contribution in [0.25, 0.3) is 0 Å². The maximum atomic E-state index is 12.8. The van der Waals surface area contributed by atoms with E-state index in [9.17, 15) is 13.2 Å². The molecular weight excluding hydrogens is 360 g/mol. The van der Waals surface area contributed by atoms with Crippen molar-refractivity contribution in [3.8, 4) is 0 Å². The third-order valence-electron chi connectivity index (χ3n) is 5.00. The average Bonchev–Trinajstić information content (AvgIpc) is 2.63. The van der Waals surface area contributed by atoms with Crippen molar-refractivity contribution in [2.45, 2.75) is 38.5 Å². The molecule has 0 radical (unpaired) electrons. The molecule has 1 aliphatic heterocycles. The number of benzene rings is 2. The molecule has 144 valence electrons. The molecule has 1 N–H and O–H groups in total. The van der Waals surface area contributed by atoms with Crippen molar-refractivity contribution in [1.29, 1.82) is 0 Å². The largest absolute Gasteiger partial charge is 0.338 e. The summed E-state index contributed by atoms with van der Waals surface area (Å²) in [6, 6.07) is 11.9. The molecule has 0 saturated carbocycles. The first kappa shape index (κ1) is 19.4. The zero-order valence-corrected chi connectivity index (χ0v) is 16.8. The molecule has 1 fully saturated rings. The van der Waals surface area contributed by atoms with Gasteiger partial charge in [-0.3, -0.25) is 9.52 Å². The molecule has 0 bridgehead atoms.